The van der Waals surface area contributed by atoms with Gasteiger partial charge in [-0.3, -0.25) is 0 Å². The van der Waals surface area contributed by atoms with Crippen molar-refractivity contribution in [2.75, 3.05) is 13.2 Å². The largest absolute Gasteiger partial charge is 0.486 e. The third-order valence-corrected chi connectivity index (χ3v) is 9.17. The molecule has 1 aliphatic carbocycles. The number of allylic oxidation sites excluding steroid dienone is 1. The van der Waals surface area contributed by atoms with E-state index in [1.807, 2.05) is 6.07 Å². The van der Waals surface area contributed by atoms with E-state index < -0.39 is 0 Å². The summed E-state index contributed by atoms with van der Waals surface area (Å²) in [4.78, 5) is 7.73. The number of thioether (sulfide) groups is 1. The van der Waals surface area contributed by atoms with Crippen LogP contribution in [0.4, 0.5) is 0 Å². The fourth-order valence-corrected chi connectivity index (χ4v) is 6.99. The normalized spacial score (nSPS) is 21.2. The number of rotatable bonds is 3. The van der Waals surface area contributed by atoms with Gasteiger partial charge in [-0.15, -0.1) is 0 Å². The number of hydrogen-bond acceptors (Lipinski definition) is 5. The van der Waals surface area contributed by atoms with E-state index in [-0.39, 0.29) is 6.04 Å². The summed E-state index contributed by atoms with van der Waals surface area (Å²) < 4.78 is 13.9. The Bertz CT molecular complexity index is 1540. The number of aliphatic imine (C=N–C) groups is 1. The summed E-state index contributed by atoms with van der Waals surface area (Å²) in [6.07, 6.45) is 5.49. The minimum Gasteiger partial charge on any atom is -0.486 e. The molecule has 0 saturated carbocycles. The molecular formula is C31H24Br2N2O2S. The van der Waals surface area contributed by atoms with Gasteiger partial charge in [0.25, 0.3) is 0 Å². The summed E-state index contributed by atoms with van der Waals surface area (Å²) in [5.41, 5.74) is 8.59. The van der Waals surface area contributed by atoms with Crippen molar-refractivity contribution in [3.63, 3.8) is 0 Å². The van der Waals surface area contributed by atoms with Crippen LogP contribution in [0.2, 0.25) is 0 Å². The molecule has 0 radical (unpaired) electrons. The molecule has 7 heteroatoms. The van der Waals surface area contributed by atoms with E-state index in [2.05, 4.69) is 109 Å². The Morgan fingerprint density at radius 2 is 1.61 bits per heavy atom. The van der Waals surface area contributed by atoms with Crippen molar-refractivity contribution < 1.29 is 9.47 Å². The highest BCUT2D eigenvalue weighted by Crippen LogP contribution is 2.51. The molecule has 0 bridgehead atoms. The van der Waals surface area contributed by atoms with Crippen molar-refractivity contribution in [2.45, 2.75) is 25.3 Å². The quantitative estimate of drug-likeness (QED) is 0.284. The number of nitrogens with zero attached hydrogens (tertiary/aromatic N) is 2. The first-order valence-electron chi connectivity index (χ1n) is 12.7. The van der Waals surface area contributed by atoms with Gasteiger partial charge < -0.3 is 14.4 Å². The van der Waals surface area contributed by atoms with Crippen molar-refractivity contribution >= 4 is 60.6 Å². The van der Waals surface area contributed by atoms with E-state index in [1.165, 1.54) is 22.3 Å². The van der Waals surface area contributed by atoms with Crippen molar-refractivity contribution in [2.24, 2.45) is 4.99 Å². The second-order valence-corrected chi connectivity index (χ2v) is 12.3. The molecule has 0 N–H and O–H groups in total. The van der Waals surface area contributed by atoms with Crippen molar-refractivity contribution in [3.8, 4) is 11.5 Å². The Kier molecular flexibility index (Phi) is 6.46. The summed E-state index contributed by atoms with van der Waals surface area (Å²) in [6.45, 7) is 1.17. The smallest absolute Gasteiger partial charge is 0.174 e. The van der Waals surface area contributed by atoms with E-state index in [4.69, 9.17) is 14.5 Å². The molecule has 0 amide bonds. The molecule has 1 unspecified atom stereocenters. The third-order valence-electron chi connectivity index (χ3n) is 7.27. The number of benzene rings is 3. The first-order chi connectivity index (χ1) is 18.6. The molecule has 0 saturated heterocycles. The Labute approximate surface area is 243 Å². The van der Waals surface area contributed by atoms with Gasteiger partial charge >= 0.3 is 0 Å². The summed E-state index contributed by atoms with van der Waals surface area (Å²) in [6, 6.07) is 23.6. The van der Waals surface area contributed by atoms with Gasteiger partial charge in [0.1, 0.15) is 13.2 Å². The third kappa shape index (κ3) is 4.44. The lowest BCUT2D eigenvalue weighted by Gasteiger charge is -2.40. The van der Waals surface area contributed by atoms with Gasteiger partial charge in [0.2, 0.25) is 0 Å². The van der Waals surface area contributed by atoms with E-state index in [1.54, 1.807) is 11.8 Å². The Balaban J connectivity index is 1.34. The first kappa shape index (κ1) is 24.3. The molecule has 3 aromatic rings. The predicted molar refractivity (Wildman–Crippen MR) is 162 cm³/mol. The number of ether oxygens (including phenoxy) is 2. The van der Waals surface area contributed by atoms with Crippen LogP contribution in [0.3, 0.4) is 0 Å². The van der Waals surface area contributed by atoms with Gasteiger partial charge in [-0.2, -0.15) is 0 Å². The molecule has 190 valence electrons. The average molecular weight is 648 g/mol. The first-order valence-corrected chi connectivity index (χ1v) is 15.2. The van der Waals surface area contributed by atoms with E-state index >= 15 is 0 Å². The van der Waals surface area contributed by atoms with Crippen molar-refractivity contribution in [3.05, 3.63) is 115 Å². The maximum absolute atomic E-state index is 5.92. The van der Waals surface area contributed by atoms with Gasteiger partial charge in [-0.25, -0.2) is 4.99 Å². The zero-order valence-corrected chi connectivity index (χ0v) is 24.5. The fourth-order valence-electron chi connectivity index (χ4n) is 5.53. The van der Waals surface area contributed by atoms with Crippen LogP contribution in [0.15, 0.2) is 103 Å². The second-order valence-electron chi connectivity index (χ2n) is 9.65. The fraction of sp³-hybridized carbons (Fsp3) is 0.194. The Morgan fingerprint density at radius 1 is 0.868 bits per heavy atom. The topological polar surface area (TPSA) is 34.1 Å². The zero-order chi connectivity index (χ0) is 25.6. The highest BCUT2D eigenvalue weighted by Gasteiger charge is 2.40. The molecule has 0 aromatic heterocycles. The van der Waals surface area contributed by atoms with Crippen LogP contribution in [0.5, 0.6) is 11.5 Å². The zero-order valence-electron chi connectivity index (χ0n) is 20.5. The van der Waals surface area contributed by atoms with Crippen molar-refractivity contribution in [1.82, 2.24) is 4.90 Å². The lowest BCUT2D eigenvalue weighted by atomic mass is 9.83. The van der Waals surface area contributed by atoms with Crippen LogP contribution in [-0.4, -0.2) is 23.3 Å². The molecule has 4 aliphatic rings. The van der Waals surface area contributed by atoms with Gasteiger partial charge in [0, 0.05) is 19.9 Å². The van der Waals surface area contributed by atoms with Gasteiger partial charge in [-0.1, -0.05) is 67.9 Å². The van der Waals surface area contributed by atoms with Crippen molar-refractivity contribution in [1.29, 1.82) is 0 Å². The minimum atomic E-state index is 0.0775. The number of amidine groups is 1. The lowest BCUT2D eigenvalue weighted by molar-refractivity contribution is 0.171. The lowest BCUT2D eigenvalue weighted by Crippen LogP contribution is -2.34. The molecule has 7 rings (SSSR count). The molecule has 3 heterocycles. The molecule has 0 fully saturated rings. The van der Waals surface area contributed by atoms with Crippen LogP contribution in [0.25, 0.3) is 11.8 Å². The summed E-state index contributed by atoms with van der Waals surface area (Å²) in [5.74, 6) is 1.61. The van der Waals surface area contributed by atoms with Gasteiger partial charge in [-0.05, 0) is 90.1 Å². The summed E-state index contributed by atoms with van der Waals surface area (Å²) in [7, 11) is 0. The second kappa shape index (κ2) is 10.1. The number of hydrogen-bond donors (Lipinski definition) is 0. The highest BCUT2D eigenvalue weighted by atomic mass is 79.9. The van der Waals surface area contributed by atoms with Crippen LogP contribution in [0.1, 0.15) is 42.0 Å². The van der Waals surface area contributed by atoms with E-state index in [0.29, 0.717) is 13.2 Å². The highest BCUT2D eigenvalue weighted by molar-refractivity contribution is 9.10. The van der Waals surface area contributed by atoms with Crippen LogP contribution >= 0.6 is 43.6 Å². The average Bonchev–Trinajstić information content (AvgIpc) is 3.37. The van der Waals surface area contributed by atoms with E-state index in [9.17, 15) is 0 Å². The maximum Gasteiger partial charge on any atom is 0.174 e. The van der Waals surface area contributed by atoms with Crippen LogP contribution in [0, 0.1) is 0 Å². The molecule has 3 aliphatic heterocycles. The standard InChI is InChI=1S/C31H24Br2N2O2S/c32-23-9-4-19(5-10-23)16-22-2-1-3-25-29(22)34-31-35(30(25)20-6-11-24(33)12-7-20)26(18-38-31)21-8-13-27-28(17-21)37-15-14-36-27/h4-13,16-18,30H,1-3,14-15H2/b22-16+. The molecule has 38 heavy (non-hydrogen) atoms. The molecule has 3 aromatic carbocycles. The molecule has 0 spiro atoms. The summed E-state index contributed by atoms with van der Waals surface area (Å²) in [5, 5.41) is 3.25. The van der Waals surface area contributed by atoms with Crippen LogP contribution in [-0.2, 0) is 0 Å². The maximum atomic E-state index is 5.92. The predicted octanol–water partition coefficient (Wildman–Crippen LogP) is 8.96. The minimum absolute atomic E-state index is 0.0775. The van der Waals surface area contributed by atoms with Crippen LogP contribution < -0.4 is 9.47 Å². The van der Waals surface area contributed by atoms with Gasteiger partial charge in [0.15, 0.2) is 16.7 Å². The SMILES string of the molecule is Brc1ccc(/C=C2\CCCC3=C2N=C2SC=C(c4ccc5c(c4)OCCO5)N2C3c2ccc(Br)cc2)cc1. The number of halogens is 2. The Hall–Kier alpha value is -2.74. The number of fused-ring (bicyclic) bond motifs is 2. The molecule has 1 atom stereocenters. The molecular weight excluding hydrogens is 624 g/mol. The Morgan fingerprint density at radius 3 is 2.39 bits per heavy atom. The van der Waals surface area contributed by atoms with E-state index in [0.717, 1.165) is 61.8 Å². The molecule has 4 nitrogen and oxygen atoms in total. The van der Waals surface area contributed by atoms with Gasteiger partial charge in [0.05, 0.1) is 17.4 Å². The monoisotopic (exact) mass is 646 g/mol. The summed E-state index contributed by atoms with van der Waals surface area (Å²) >= 11 is 8.88.